The zero-order valence-corrected chi connectivity index (χ0v) is 25.2. The van der Waals surface area contributed by atoms with Gasteiger partial charge < -0.3 is 5.32 Å². The summed E-state index contributed by atoms with van der Waals surface area (Å²) in [6.45, 7) is 0. The molecule has 1 N–H and O–H groups in total. The van der Waals surface area contributed by atoms with Crippen molar-refractivity contribution in [2.45, 2.75) is 5.41 Å². The zero-order chi connectivity index (χ0) is 29.5. The van der Waals surface area contributed by atoms with Crippen molar-refractivity contribution in [1.29, 1.82) is 0 Å². The molecule has 0 saturated carbocycles. The highest BCUT2D eigenvalue weighted by molar-refractivity contribution is 7.26. The Morgan fingerprint density at radius 2 is 1.02 bits per heavy atom. The molecule has 7 aromatic carbocycles. The van der Waals surface area contributed by atoms with E-state index in [1.54, 1.807) is 0 Å². The summed E-state index contributed by atoms with van der Waals surface area (Å²) in [5, 5.41) is 6.58. The van der Waals surface area contributed by atoms with Crippen LogP contribution in [0.5, 0.6) is 0 Å². The maximum atomic E-state index is 4.01. The van der Waals surface area contributed by atoms with Crippen LogP contribution < -0.4 is 5.32 Å². The molecule has 1 spiro atoms. The zero-order valence-electron chi connectivity index (χ0n) is 24.4. The Hall–Kier alpha value is -5.44. The minimum atomic E-state index is -0.349. The number of nitrogens with one attached hydrogen (secondary N) is 1. The molecule has 10 rings (SSSR count). The number of rotatable bonds is 3. The first-order chi connectivity index (χ1) is 22.3. The second-order valence-electron chi connectivity index (χ2n) is 12.1. The normalized spacial score (nSPS) is 13.5. The van der Waals surface area contributed by atoms with Gasteiger partial charge >= 0.3 is 0 Å². The lowest BCUT2D eigenvalue weighted by Crippen LogP contribution is -2.25. The third kappa shape index (κ3) is 3.27. The molecule has 1 aromatic heterocycles. The largest absolute Gasteiger partial charge is 0.354 e. The number of hydrogen-bond acceptors (Lipinski definition) is 2. The summed E-state index contributed by atoms with van der Waals surface area (Å²) >= 11 is 1.88. The van der Waals surface area contributed by atoms with Gasteiger partial charge in [-0.15, -0.1) is 11.3 Å². The summed E-state index contributed by atoms with van der Waals surface area (Å²) in [4.78, 5) is 0. The molecular weight excluding hydrogens is 563 g/mol. The van der Waals surface area contributed by atoms with Crippen LogP contribution >= 0.6 is 11.3 Å². The summed E-state index contributed by atoms with van der Waals surface area (Å²) in [6.07, 6.45) is 0. The first kappa shape index (κ1) is 24.9. The lowest BCUT2D eigenvalue weighted by atomic mass is 9.70. The van der Waals surface area contributed by atoms with Gasteiger partial charge in [0.25, 0.3) is 0 Å². The van der Waals surface area contributed by atoms with E-state index < -0.39 is 0 Å². The standard InChI is InChI=1S/C43H27NS/c1-2-13-27(14-3-1)28-25-26-38(41-32-18-7-11-24-39(32)45-42(28)41)44-37-23-12-22-36-40(37)31-17-6-10-21-35(31)43(36)33-19-8-4-15-29(33)30-16-5-9-20-34(30)43/h1-26,44H. The van der Waals surface area contributed by atoms with Gasteiger partial charge in [0.1, 0.15) is 0 Å². The van der Waals surface area contributed by atoms with Gasteiger partial charge in [-0.3, -0.25) is 0 Å². The number of fused-ring (bicyclic) bond motifs is 13. The van der Waals surface area contributed by atoms with Crippen LogP contribution in [0.3, 0.4) is 0 Å². The number of benzene rings is 7. The molecule has 210 valence electrons. The molecular formula is C43H27NS. The molecule has 0 bridgehead atoms. The highest BCUT2D eigenvalue weighted by Gasteiger charge is 2.51. The van der Waals surface area contributed by atoms with Crippen LogP contribution in [0.15, 0.2) is 158 Å². The lowest BCUT2D eigenvalue weighted by molar-refractivity contribution is 0.794. The van der Waals surface area contributed by atoms with Crippen LogP contribution in [-0.2, 0) is 5.41 Å². The Morgan fingerprint density at radius 3 is 1.78 bits per heavy atom. The Labute approximate surface area is 266 Å². The van der Waals surface area contributed by atoms with Crippen molar-refractivity contribution in [2.75, 3.05) is 5.32 Å². The molecule has 2 aliphatic carbocycles. The molecule has 2 heteroatoms. The monoisotopic (exact) mass is 589 g/mol. The van der Waals surface area contributed by atoms with Crippen molar-refractivity contribution in [3.63, 3.8) is 0 Å². The minimum Gasteiger partial charge on any atom is -0.354 e. The molecule has 0 atom stereocenters. The first-order valence-electron chi connectivity index (χ1n) is 15.5. The number of thiophene rings is 1. The smallest absolute Gasteiger partial charge is 0.0726 e. The van der Waals surface area contributed by atoms with Crippen LogP contribution in [0.1, 0.15) is 22.3 Å². The van der Waals surface area contributed by atoms with Crippen LogP contribution in [0.25, 0.3) is 53.6 Å². The highest BCUT2D eigenvalue weighted by Crippen LogP contribution is 2.64. The maximum Gasteiger partial charge on any atom is 0.0726 e. The fourth-order valence-electron chi connectivity index (χ4n) is 8.17. The van der Waals surface area contributed by atoms with Crippen molar-refractivity contribution in [3.05, 3.63) is 180 Å². The first-order valence-corrected chi connectivity index (χ1v) is 16.3. The third-order valence-corrected chi connectivity index (χ3v) is 11.1. The van der Waals surface area contributed by atoms with Gasteiger partial charge in [0, 0.05) is 37.1 Å². The second kappa shape index (κ2) is 9.28. The van der Waals surface area contributed by atoms with Crippen LogP contribution in [0.4, 0.5) is 11.4 Å². The predicted octanol–water partition coefficient (Wildman–Crippen LogP) is 11.8. The Balaban J connectivity index is 1.24. The maximum absolute atomic E-state index is 4.01. The molecule has 0 amide bonds. The van der Waals surface area contributed by atoms with Crippen molar-refractivity contribution in [2.24, 2.45) is 0 Å². The summed E-state index contributed by atoms with van der Waals surface area (Å²) in [6, 6.07) is 58.0. The molecule has 1 nitrogen and oxygen atoms in total. The van der Waals surface area contributed by atoms with Crippen LogP contribution in [0, 0.1) is 0 Å². The molecule has 8 aromatic rings. The Bertz CT molecular complexity index is 2420. The lowest BCUT2D eigenvalue weighted by Gasteiger charge is -2.30. The van der Waals surface area contributed by atoms with Gasteiger partial charge in [-0.1, -0.05) is 140 Å². The summed E-state index contributed by atoms with van der Waals surface area (Å²) < 4.78 is 2.62. The van der Waals surface area contributed by atoms with Gasteiger partial charge in [0.15, 0.2) is 0 Å². The van der Waals surface area contributed by atoms with Crippen LogP contribution in [0.2, 0.25) is 0 Å². The van der Waals surface area contributed by atoms with E-state index in [0.29, 0.717) is 0 Å². The van der Waals surface area contributed by atoms with Crippen molar-refractivity contribution in [1.82, 2.24) is 0 Å². The van der Waals surface area contributed by atoms with Gasteiger partial charge in [-0.2, -0.15) is 0 Å². The molecule has 45 heavy (non-hydrogen) atoms. The van der Waals surface area contributed by atoms with Crippen molar-refractivity contribution < 1.29 is 0 Å². The Morgan fingerprint density at radius 1 is 0.422 bits per heavy atom. The molecule has 1 heterocycles. The van der Waals surface area contributed by atoms with E-state index in [1.807, 2.05) is 11.3 Å². The van der Waals surface area contributed by atoms with Crippen LogP contribution in [-0.4, -0.2) is 0 Å². The minimum absolute atomic E-state index is 0.349. The molecule has 0 saturated heterocycles. The predicted molar refractivity (Wildman–Crippen MR) is 191 cm³/mol. The van der Waals surface area contributed by atoms with Gasteiger partial charge in [-0.05, 0) is 68.3 Å². The topological polar surface area (TPSA) is 12.0 Å². The fourth-order valence-corrected chi connectivity index (χ4v) is 9.43. The molecule has 0 aliphatic heterocycles. The van der Waals surface area contributed by atoms with E-state index in [0.717, 1.165) is 11.4 Å². The van der Waals surface area contributed by atoms with Gasteiger partial charge in [-0.25, -0.2) is 0 Å². The summed E-state index contributed by atoms with van der Waals surface area (Å²) in [5.74, 6) is 0. The van der Waals surface area contributed by atoms with Crippen molar-refractivity contribution >= 4 is 42.9 Å². The molecule has 0 unspecified atom stereocenters. The molecule has 0 fully saturated rings. The van der Waals surface area contributed by atoms with E-state index >= 15 is 0 Å². The number of hydrogen-bond donors (Lipinski definition) is 1. The average molecular weight is 590 g/mol. The van der Waals surface area contributed by atoms with E-state index in [9.17, 15) is 0 Å². The van der Waals surface area contributed by atoms with E-state index in [-0.39, 0.29) is 5.41 Å². The quantitative estimate of drug-likeness (QED) is 0.216. The van der Waals surface area contributed by atoms with E-state index in [1.165, 1.54) is 75.8 Å². The van der Waals surface area contributed by atoms with E-state index in [2.05, 4.69) is 163 Å². The highest BCUT2D eigenvalue weighted by atomic mass is 32.1. The van der Waals surface area contributed by atoms with Gasteiger partial charge in [0.05, 0.1) is 5.41 Å². The fraction of sp³-hybridized carbons (Fsp3) is 0.0233. The third-order valence-electron chi connectivity index (χ3n) is 9.90. The van der Waals surface area contributed by atoms with Crippen molar-refractivity contribution in [3.8, 4) is 33.4 Å². The molecule has 0 radical (unpaired) electrons. The summed E-state index contributed by atoms with van der Waals surface area (Å²) in [7, 11) is 0. The summed E-state index contributed by atoms with van der Waals surface area (Å²) in [5.41, 5.74) is 15.1. The van der Waals surface area contributed by atoms with Gasteiger partial charge in [0.2, 0.25) is 0 Å². The Kier molecular flexibility index (Phi) is 5.14. The molecule has 2 aliphatic rings. The number of anilines is 2. The second-order valence-corrected chi connectivity index (χ2v) is 13.1. The van der Waals surface area contributed by atoms with E-state index in [4.69, 9.17) is 0 Å². The average Bonchev–Trinajstić information content (AvgIpc) is 3.74. The SMILES string of the molecule is c1ccc(-c2ccc(Nc3cccc4c3-c3ccccc3C43c4ccccc4-c4ccccc43)c3c2sc2ccccc23)cc1.